The van der Waals surface area contributed by atoms with E-state index in [9.17, 15) is 0 Å². The third-order valence-corrected chi connectivity index (χ3v) is 3.98. The van der Waals surface area contributed by atoms with Crippen LogP contribution in [0.5, 0.6) is 0 Å². The molecule has 0 saturated carbocycles. The first-order chi connectivity index (χ1) is 10.2. The van der Waals surface area contributed by atoms with E-state index in [1.165, 1.54) is 0 Å². The minimum Gasteiger partial charge on any atom is -0.365 e. The minimum absolute atomic E-state index is 0.0885. The molecule has 2 aromatic carbocycles. The number of fused-ring (bicyclic) bond motifs is 1. The molecule has 1 heterocycles. The molecule has 0 aromatic heterocycles. The zero-order valence-corrected chi connectivity index (χ0v) is 12.3. The SMILES string of the molecule is N#Cc1ccc2c(c1)CC(N)CN2Cc1cccc(Cl)c1. The molecule has 1 unspecified atom stereocenters. The van der Waals surface area contributed by atoms with Crippen molar-refractivity contribution >= 4 is 17.3 Å². The van der Waals surface area contributed by atoms with Crippen molar-refractivity contribution in [3.8, 4) is 6.07 Å². The number of anilines is 1. The second kappa shape index (κ2) is 5.77. The second-order valence-electron chi connectivity index (χ2n) is 5.43. The van der Waals surface area contributed by atoms with E-state index in [4.69, 9.17) is 22.6 Å². The monoisotopic (exact) mass is 297 g/mol. The highest BCUT2D eigenvalue weighted by Gasteiger charge is 2.22. The van der Waals surface area contributed by atoms with E-state index in [-0.39, 0.29) is 6.04 Å². The summed E-state index contributed by atoms with van der Waals surface area (Å²) in [5, 5.41) is 9.77. The Morgan fingerprint density at radius 2 is 2.14 bits per heavy atom. The van der Waals surface area contributed by atoms with Crippen LogP contribution < -0.4 is 10.6 Å². The van der Waals surface area contributed by atoms with Gasteiger partial charge in [-0.15, -0.1) is 0 Å². The fourth-order valence-electron chi connectivity index (χ4n) is 2.86. The molecular formula is C17H16ClN3. The van der Waals surface area contributed by atoms with Gasteiger partial charge in [-0.25, -0.2) is 0 Å². The van der Waals surface area contributed by atoms with Crippen LogP contribution in [0.15, 0.2) is 42.5 Å². The Morgan fingerprint density at radius 1 is 1.29 bits per heavy atom. The predicted molar refractivity (Wildman–Crippen MR) is 85.3 cm³/mol. The molecule has 0 fully saturated rings. The smallest absolute Gasteiger partial charge is 0.0991 e. The summed E-state index contributed by atoms with van der Waals surface area (Å²) in [4.78, 5) is 2.26. The molecule has 3 nitrogen and oxygen atoms in total. The Balaban J connectivity index is 1.92. The first kappa shape index (κ1) is 13.9. The molecule has 0 radical (unpaired) electrons. The van der Waals surface area contributed by atoms with Gasteiger partial charge in [0, 0.05) is 29.8 Å². The topological polar surface area (TPSA) is 53.1 Å². The number of benzene rings is 2. The highest BCUT2D eigenvalue weighted by molar-refractivity contribution is 6.30. The summed E-state index contributed by atoms with van der Waals surface area (Å²) >= 11 is 6.05. The van der Waals surface area contributed by atoms with Crippen molar-refractivity contribution < 1.29 is 0 Å². The highest BCUT2D eigenvalue weighted by atomic mass is 35.5. The average molecular weight is 298 g/mol. The van der Waals surface area contributed by atoms with Crippen LogP contribution in [0.25, 0.3) is 0 Å². The summed E-state index contributed by atoms with van der Waals surface area (Å²) in [7, 11) is 0. The summed E-state index contributed by atoms with van der Waals surface area (Å²) in [6.45, 7) is 1.58. The number of hydrogen-bond donors (Lipinski definition) is 1. The van der Waals surface area contributed by atoms with Gasteiger partial charge in [0.15, 0.2) is 0 Å². The van der Waals surface area contributed by atoms with Crippen LogP contribution in [-0.2, 0) is 13.0 Å². The molecule has 4 heteroatoms. The van der Waals surface area contributed by atoms with Crippen LogP contribution in [0.3, 0.4) is 0 Å². The maximum Gasteiger partial charge on any atom is 0.0991 e. The highest BCUT2D eigenvalue weighted by Crippen LogP contribution is 2.29. The Hall–Kier alpha value is -2.02. The zero-order chi connectivity index (χ0) is 14.8. The lowest BCUT2D eigenvalue weighted by Crippen LogP contribution is -2.42. The van der Waals surface area contributed by atoms with Crippen LogP contribution in [-0.4, -0.2) is 12.6 Å². The number of nitrogens with zero attached hydrogens (tertiary/aromatic N) is 2. The Morgan fingerprint density at radius 3 is 2.90 bits per heavy atom. The molecule has 2 aromatic rings. The van der Waals surface area contributed by atoms with E-state index < -0.39 is 0 Å². The van der Waals surface area contributed by atoms with Crippen molar-refractivity contribution in [2.45, 2.75) is 19.0 Å². The third-order valence-electron chi connectivity index (χ3n) is 3.75. The third kappa shape index (κ3) is 3.02. The Labute approximate surface area is 129 Å². The van der Waals surface area contributed by atoms with Gasteiger partial charge in [0.1, 0.15) is 0 Å². The molecule has 0 bridgehead atoms. The van der Waals surface area contributed by atoms with Gasteiger partial charge >= 0.3 is 0 Å². The Kier molecular flexibility index (Phi) is 3.83. The van der Waals surface area contributed by atoms with Gasteiger partial charge in [0.2, 0.25) is 0 Å². The van der Waals surface area contributed by atoms with Gasteiger partial charge in [-0.2, -0.15) is 5.26 Å². The van der Waals surface area contributed by atoms with Gasteiger partial charge in [-0.3, -0.25) is 0 Å². The predicted octanol–water partition coefficient (Wildman–Crippen LogP) is 3.10. The van der Waals surface area contributed by atoms with Gasteiger partial charge in [-0.05, 0) is 47.9 Å². The van der Waals surface area contributed by atoms with Crippen LogP contribution in [0.4, 0.5) is 5.69 Å². The number of hydrogen-bond acceptors (Lipinski definition) is 3. The van der Waals surface area contributed by atoms with E-state index in [1.807, 2.05) is 36.4 Å². The molecular weight excluding hydrogens is 282 g/mol. The van der Waals surface area contributed by atoms with Crippen molar-refractivity contribution in [1.82, 2.24) is 0 Å². The van der Waals surface area contributed by atoms with Gasteiger partial charge in [0.05, 0.1) is 11.6 Å². The largest absolute Gasteiger partial charge is 0.365 e. The summed E-state index contributed by atoms with van der Waals surface area (Å²) in [5.74, 6) is 0. The molecule has 1 aliphatic rings. The summed E-state index contributed by atoms with van der Waals surface area (Å²) < 4.78 is 0. The Bertz CT molecular complexity index is 705. The summed E-state index contributed by atoms with van der Waals surface area (Å²) in [6.07, 6.45) is 0.816. The van der Waals surface area contributed by atoms with Crippen LogP contribution in [0.2, 0.25) is 5.02 Å². The summed E-state index contributed by atoms with van der Waals surface area (Å²) in [6, 6.07) is 16.0. The fourth-order valence-corrected chi connectivity index (χ4v) is 3.07. The van der Waals surface area contributed by atoms with E-state index in [1.54, 1.807) is 0 Å². The fraction of sp³-hybridized carbons (Fsp3) is 0.235. The average Bonchev–Trinajstić information content (AvgIpc) is 2.46. The molecule has 2 N–H and O–H groups in total. The summed E-state index contributed by atoms with van der Waals surface area (Å²) in [5.41, 5.74) is 10.3. The van der Waals surface area contributed by atoms with E-state index in [0.29, 0.717) is 5.56 Å². The quantitative estimate of drug-likeness (QED) is 0.926. The van der Waals surface area contributed by atoms with Crippen molar-refractivity contribution in [3.05, 3.63) is 64.2 Å². The molecule has 21 heavy (non-hydrogen) atoms. The maximum atomic E-state index is 9.03. The second-order valence-corrected chi connectivity index (χ2v) is 5.87. The molecule has 0 saturated heterocycles. The van der Waals surface area contributed by atoms with E-state index in [0.717, 1.165) is 41.3 Å². The number of nitriles is 1. The lowest BCUT2D eigenvalue weighted by Gasteiger charge is -2.35. The lowest BCUT2D eigenvalue weighted by atomic mass is 9.96. The minimum atomic E-state index is 0.0885. The lowest BCUT2D eigenvalue weighted by molar-refractivity contribution is 0.598. The molecule has 0 spiro atoms. The molecule has 0 aliphatic carbocycles. The normalized spacial score (nSPS) is 17.2. The van der Waals surface area contributed by atoms with E-state index in [2.05, 4.69) is 17.0 Å². The van der Waals surface area contributed by atoms with Crippen molar-refractivity contribution in [3.63, 3.8) is 0 Å². The molecule has 3 rings (SSSR count). The van der Waals surface area contributed by atoms with Crippen molar-refractivity contribution in [1.29, 1.82) is 5.26 Å². The van der Waals surface area contributed by atoms with Crippen LogP contribution in [0.1, 0.15) is 16.7 Å². The first-order valence-corrected chi connectivity index (χ1v) is 7.31. The number of halogens is 1. The number of nitrogens with two attached hydrogens (primary N) is 1. The standard InChI is InChI=1S/C17H16ClN3/c18-15-3-1-2-13(7-15)10-21-11-16(20)8-14-6-12(9-19)4-5-17(14)21/h1-7,16H,8,10-11,20H2. The van der Waals surface area contributed by atoms with Crippen molar-refractivity contribution in [2.24, 2.45) is 5.73 Å². The molecule has 0 amide bonds. The van der Waals surface area contributed by atoms with Crippen LogP contribution in [0, 0.1) is 11.3 Å². The molecule has 106 valence electrons. The zero-order valence-electron chi connectivity index (χ0n) is 11.6. The van der Waals surface area contributed by atoms with Crippen molar-refractivity contribution in [2.75, 3.05) is 11.4 Å². The van der Waals surface area contributed by atoms with Gasteiger partial charge in [0.25, 0.3) is 0 Å². The van der Waals surface area contributed by atoms with Crippen LogP contribution >= 0.6 is 11.6 Å². The van der Waals surface area contributed by atoms with Gasteiger partial charge in [-0.1, -0.05) is 23.7 Å². The molecule has 1 aliphatic heterocycles. The van der Waals surface area contributed by atoms with Gasteiger partial charge < -0.3 is 10.6 Å². The first-order valence-electron chi connectivity index (χ1n) is 6.93. The number of rotatable bonds is 2. The van der Waals surface area contributed by atoms with E-state index >= 15 is 0 Å². The maximum absolute atomic E-state index is 9.03. The molecule has 1 atom stereocenters.